The molecule has 0 unspecified atom stereocenters. The van der Waals surface area contributed by atoms with Gasteiger partial charge < -0.3 is 30.8 Å². The van der Waals surface area contributed by atoms with Crippen LogP contribution in [0.25, 0.3) is 0 Å². The van der Waals surface area contributed by atoms with E-state index in [0.717, 1.165) is 5.56 Å². The van der Waals surface area contributed by atoms with E-state index in [2.05, 4.69) is 25.9 Å². The third-order valence-electron chi connectivity index (χ3n) is 4.93. The van der Waals surface area contributed by atoms with Crippen LogP contribution in [0, 0.1) is 5.92 Å². The number of hydrogen-bond donors (Lipinski definition) is 5. The molecule has 0 aliphatic heterocycles. The largest absolute Gasteiger partial charge is 0.481 e. The van der Waals surface area contributed by atoms with E-state index in [0.29, 0.717) is 0 Å². The summed E-state index contributed by atoms with van der Waals surface area (Å²) >= 11 is 0. The highest BCUT2D eigenvalue weighted by Gasteiger charge is 2.31. The molecule has 5 N–H and O–H groups in total. The zero-order valence-corrected chi connectivity index (χ0v) is 19.6. The second-order valence-electron chi connectivity index (χ2n) is 8.12. The molecule has 0 saturated heterocycles. The molecule has 0 spiro atoms. The Labute approximate surface area is 201 Å². The Morgan fingerprint density at radius 3 is 2.26 bits per heavy atom. The van der Waals surface area contributed by atoms with Crippen LogP contribution in [-0.2, 0) is 25.7 Å². The first-order chi connectivity index (χ1) is 16.6. The summed E-state index contributed by atoms with van der Waals surface area (Å²) in [6.45, 7) is 4.80. The molecule has 0 radical (unpaired) electrons. The van der Waals surface area contributed by atoms with Crippen LogP contribution in [0.15, 0.2) is 42.7 Å². The summed E-state index contributed by atoms with van der Waals surface area (Å²) in [5, 5.41) is 16.4. The Balaban J connectivity index is 1.95. The van der Waals surface area contributed by atoms with Crippen LogP contribution in [0.5, 0.6) is 0 Å². The van der Waals surface area contributed by atoms with E-state index >= 15 is 0 Å². The van der Waals surface area contributed by atoms with Crippen molar-refractivity contribution < 1.29 is 33.8 Å². The first-order valence-corrected chi connectivity index (χ1v) is 10.9. The fourth-order valence-corrected chi connectivity index (χ4v) is 3.04. The number of carboxylic acids is 1. The van der Waals surface area contributed by atoms with Crippen LogP contribution in [0.3, 0.4) is 0 Å². The average Bonchev–Trinajstić information content (AvgIpc) is 3.35. The van der Waals surface area contributed by atoms with Crippen molar-refractivity contribution in [2.24, 2.45) is 5.92 Å². The maximum absolute atomic E-state index is 12.8. The van der Waals surface area contributed by atoms with Gasteiger partial charge in [-0.05, 0) is 18.4 Å². The molecule has 12 nitrogen and oxygen atoms in total. The second-order valence-corrected chi connectivity index (χ2v) is 8.12. The van der Waals surface area contributed by atoms with Gasteiger partial charge in [-0.25, -0.2) is 9.78 Å². The van der Waals surface area contributed by atoms with Crippen LogP contribution < -0.4 is 16.0 Å². The molecule has 1 aromatic heterocycles. The number of aromatic nitrogens is 2. The number of nitrogens with zero attached hydrogens (tertiary/aromatic N) is 1. The van der Waals surface area contributed by atoms with Crippen molar-refractivity contribution in [1.29, 1.82) is 0 Å². The number of amides is 3. The quantitative estimate of drug-likeness (QED) is 0.275. The van der Waals surface area contributed by atoms with E-state index in [9.17, 15) is 24.0 Å². The van der Waals surface area contributed by atoms with Crippen molar-refractivity contribution in [2.75, 3.05) is 0 Å². The van der Waals surface area contributed by atoms with Crippen LogP contribution in [0.4, 0.5) is 4.79 Å². The molecule has 0 fully saturated rings. The van der Waals surface area contributed by atoms with Gasteiger partial charge in [-0.1, -0.05) is 44.2 Å². The lowest BCUT2D eigenvalue weighted by atomic mass is 10.0. The summed E-state index contributed by atoms with van der Waals surface area (Å²) in [6, 6.07) is 5.48. The number of carboxylic acid groups (broad SMARTS) is 1. The number of ether oxygens (including phenoxy) is 1. The summed E-state index contributed by atoms with van der Waals surface area (Å²) in [6.07, 6.45) is 1.24. The van der Waals surface area contributed by atoms with E-state index < -0.39 is 54.2 Å². The minimum atomic E-state index is -1.39. The van der Waals surface area contributed by atoms with Crippen molar-refractivity contribution in [3.05, 3.63) is 54.1 Å². The number of benzene rings is 1. The minimum absolute atomic E-state index is 0.0204. The van der Waals surface area contributed by atoms with Crippen molar-refractivity contribution in [1.82, 2.24) is 25.9 Å². The summed E-state index contributed by atoms with van der Waals surface area (Å²) < 4.78 is 5.15. The smallest absolute Gasteiger partial charge is 0.408 e. The zero-order valence-electron chi connectivity index (χ0n) is 19.6. The van der Waals surface area contributed by atoms with Gasteiger partial charge in [0.1, 0.15) is 24.7 Å². The number of aliphatic carboxylic acids is 1. The van der Waals surface area contributed by atoms with Gasteiger partial charge >= 0.3 is 12.1 Å². The molecule has 3 atom stereocenters. The lowest BCUT2D eigenvalue weighted by Crippen LogP contribution is -2.56. The molecular formula is C23H29N5O7. The van der Waals surface area contributed by atoms with Crippen molar-refractivity contribution in [3.63, 3.8) is 0 Å². The van der Waals surface area contributed by atoms with Crippen molar-refractivity contribution in [2.45, 2.75) is 51.9 Å². The highest BCUT2D eigenvalue weighted by atomic mass is 16.5. The number of alkyl carbamates (subject to hydrolysis) is 1. The number of hydrogen-bond acceptors (Lipinski definition) is 7. The van der Waals surface area contributed by atoms with E-state index in [-0.39, 0.29) is 18.3 Å². The number of ketones is 1. The lowest BCUT2D eigenvalue weighted by Gasteiger charge is -2.24. The Morgan fingerprint density at radius 2 is 1.69 bits per heavy atom. The first-order valence-electron chi connectivity index (χ1n) is 10.9. The van der Waals surface area contributed by atoms with Gasteiger partial charge in [-0.3, -0.25) is 19.2 Å². The molecule has 0 bridgehead atoms. The number of nitrogens with one attached hydrogen (secondary N) is 4. The molecule has 2 rings (SSSR count). The zero-order chi connectivity index (χ0) is 26.0. The number of carbonyl (C=O) groups is 5. The van der Waals surface area contributed by atoms with Gasteiger partial charge in [-0.2, -0.15) is 0 Å². The molecule has 0 aliphatic rings. The van der Waals surface area contributed by atoms with Gasteiger partial charge in [0.2, 0.25) is 17.6 Å². The molecular weight excluding hydrogens is 458 g/mol. The van der Waals surface area contributed by atoms with Crippen molar-refractivity contribution in [3.8, 4) is 0 Å². The van der Waals surface area contributed by atoms with Gasteiger partial charge in [0.05, 0.1) is 6.42 Å². The molecule has 2 aromatic rings. The maximum Gasteiger partial charge on any atom is 0.408 e. The lowest BCUT2D eigenvalue weighted by molar-refractivity contribution is -0.137. The Hall–Kier alpha value is -4.22. The number of H-pyrrole nitrogens is 1. The molecule has 1 aromatic carbocycles. The predicted molar refractivity (Wildman–Crippen MR) is 123 cm³/mol. The summed E-state index contributed by atoms with van der Waals surface area (Å²) in [7, 11) is 0. The topological polar surface area (TPSA) is 180 Å². The molecule has 12 heteroatoms. The second kappa shape index (κ2) is 12.9. The monoisotopic (exact) mass is 487 g/mol. The SMILES string of the molecule is CC(C)[C@H](NC(=O)OCc1ccccc1)C(=O)N[C@@H](C)C(=O)N[C@@H](CC(=O)O)C(=O)c1ncc[nH]1. The van der Waals surface area contributed by atoms with Gasteiger partial charge in [0, 0.05) is 12.4 Å². The number of carbonyl (C=O) groups excluding carboxylic acids is 4. The van der Waals surface area contributed by atoms with E-state index in [1.54, 1.807) is 38.1 Å². The summed E-state index contributed by atoms with van der Waals surface area (Å²) in [5.74, 6) is -3.89. The van der Waals surface area contributed by atoms with Gasteiger partial charge in [0.25, 0.3) is 0 Å². The van der Waals surface area contributed by atoms with Crippen LogP contribution in [0.2, 0.25) is 0 Å². The molecule has 3 amide bonds. The third-order valence-corrected chi connectivity index (χ3v) is 4.93. The van der Waals surface area contributed by atoms with Crippen LogP contribution in [-0.4, -0.2) is 62.9 Å². The van der Waals surface area contributed by atoms with Gasteiger partial charge in [0.15, 0.2) is 5.82 Å². The summed E-state index contributed by atoms with van der Waals surface area (Å²) in [4.78, 5) is 67.6. The predicted octanol–water partition coefficient (Wildman–Crippen LogP) is 1.01. The highest BCUT2D eigenvalue weighted by Crippen LogP contribution is 2.06. The molecule has 1 heterocycles. The van der Waals surface area contributed by atoms with Crippen molar-refractivity contribution >= 4 is 29.7 Å². The summed E-state index contributed by atoms with van der Waals surface area (Å²) in [5.41, 5.74) is 0.776. The fourth-order valence-electron chi connectivity index (χ4n) is 3.04. The minimum Gasteiger partial charge on any atom is -0.481 e. The standard InChI is InChI=1S/C23H29N5O7/c1-13(2)18(28-23(34)35-12-15-7-5-4-6-8-15)22(33)26-14(3)21(32)27-16(11-17(29)30)19(31)20-24-9-10-25-20/h4-10,13-14,16,18H,11-12H2,1-3H3,(H,24,25)(H,26,33)(H,27,32)(H,28,34)(H,29,30)/t14-,16-,18-/m0/s1. The highest BCUT2D eigenvalue weighted by molar-refractivity contribution is 6.01. The normalized spacial score (nSPS) is 13.3. The molecule has 188 valence electrons. The number of imidazole rings is 1. The number of Topliss-reactive ketones (excluding diaryl/α,β-unsaturated/α-hetero) is 1. The Morgan fingerprint density at radius 1 is 1.00 bits per heavy atom. The molecule has 0 saturated carbocycles. The van der Waals surface area contributed by atoms with E-state index in [1.807, 2.05) is 6.07 Å². The van der Waals surface area contributed by atoms with Crippen LogP contribution in [0.1, 0.15) is 43.4 Å². The van der Waals surface area contributed by atoms with E-state index in [1.165, 1.54) is 19.3 Å². The van der Waals surface area contributed by atoms with Gasteiger partial charge in [-0.15, -0.1) is 0 Å². The van der Waals surface area contributed by atoms with E-state index in [4.69, 9.17) is 9.84 Å². The number of aromatic amines is 1. The number of rotatable bonds is 12. The Kier molecular flexibility index (Phi) is 9.94. The van der Waals surface area contributed by atoms with Crippen LogP contribution >= 0.6 is 0 Å². The first kappa shape index (κ1) is 27.0. The molecule has 35 heavy (non-hydrogen) atoms. The maximum atomic E-state index is 12.8. The fraction of sp³-hybridized carbons (Fsp3) is 0.391. The molecule has 0 aliphatic carbocycles. The average molecular weight is 488 g/mol. The third kappa shape index (κ3) is 8.57. The Bertz CT molecular complexity index is 1020.